The van der Waals surface area contributed by atoms with Crippen LogP contribution in [-0.4, -0.2) is 51.7 Å². The minimum absolute atomic E-state index is 0.0876. The molecule has 0 aliphatic heterocycles. The third kappa shape index (κ3) is 5.30. The number of carbonyl (C=O) groups excluding carboxylic acids is 1. The summed E-state index contributed by atoms with van der Waals surface area (Å²) in [5.41, 5.74) is 6.08. The lowest BCUT2D eigenvalue weighted by Crippen LogP contribution is -2.31. The molecule has 0 unspecified atom stereocenters. The average molecular weight is 478 g/mol. The van der Waals surface area contributed by atoms with Gasteiger partial charge in [-0.1, -0.05) is 0 Å². The van der Waals surface area contributed by atoms with Crippen LogP contribution in [0.15, 0.2) is 66.2 Å². The molecule has 0 fully saturated rings. The van der Waals surface area contributed by atoms with Crippen molar-refractivity contribution in [3.8, 4) is 28.8 Å². The fourth-order valence-electron chi connectivity index (χ4n) is 3.00. The highest BCUT2D eigenvalue weighted by atomic mass is 19.1. The summed E-state index contributed by atoms with van der Waals surface area (Å²) in [5, 5.41) is 15.8. The zero-order valence-electron chi connectivity index (χ0n) is 18.6. The smallest absolute Gasteiger partial charge is 0.340 e. The van der Waals surface area contributed by atoms with E-state index in [9.17, 15) is 9.18 Å². The van der Waals surface area contributed by atoms with E-state index in [1.807, 2.05) is 0 Å². The Morgan fingerprint density at radius 1 is 1.09 bits per heavy atom. The number of hydrogen-bond donors (Lipinski definition) is 1. The number of halogens is 1. The monoisotopic (exact) mass is 478 g/mol. The fraction of sp³-hybridized carbons (Fsp3) is 0.0909. The molecule has 0 spiro atoms. The lowest BCUT2D eigenvalue weighted by molar-refractivity contribution is 0.254. The molecule has 0 bridgehead atoms. The summed E-state index contributed by atoms with van der Waals surface area (Å²) in [6, 6.07) is 11.1. The van der Waals surface area contributed by atoms with Gasteiger partial charge in [0.25, 0.3) is 0 Å². The number of urea groups is 1. The zero-order chi connectivity index (χ0) is 24.8. The average Bonchev–Trinajstić information content (AvgIpc) is 3.41. The number of carbonyl (C=O) groups is 1. The highest BCUT2D eigenvalue weighted by Gasteiger charge is 2.16. The maximum atomic E-state index is 14.9. The maximum absolute atomic E-state index is 14.9. The minimum Gasteiger partial charge on any atom is -0.497 e. The van der Waals surface area contributed by atoms with Crippen molar-refractivity contribution < 1.29 is 23.4 Å². The molecule has 0 aliphatic carbocycles. The van der Waals surface area contributed by atoms with Gasteiger partial charge in [-0.25, -0.2) is 14.2 Å². The van der Waals surface area contributed by atoms with Crippen molar-refractivity contribution in [2.75, 3.05) is 19.2 Å². The Hall–Kier alpha value is -5.07. The normalized spacial score (nSPS) is 10.8. The lowest BCUT2D eigenvalue weighted by Gasteiger charge is -2.16. The van der Waals surface area contributed by atoms with E-state index in [0.717, 1.165) is 11.1 Å². The number of nitrogens with zero attached hydrogens (tertiary/aromatic N) is 7. The molecule has 0 saturated carbocycles. The summed E-state index contributed by atoms with van der Waals surface area (Å²) in [5.74, 6) is 0.894. The minimum atomic E-state index is -0.920. The second-order valence-corrected chi connectivity index (χ2v) is 6.82. The topological polar surface area (TPSA) is 143 Å². The number of rotatable bonds is 8. The number of hydrogen-bond acceptors (Lipinski definition) is 9. The first-order valence-corrected chi connectivity index (χ1v) is 10.0. The first-order valence-electron chi connectivity index (χ1n) is 10.0. The van der Waals surface area contributed by atoms with Crippen molar-refractivity contribution in [3.63, 3.8) is 0 Å². The zero-order valence-corrected chi connectivity index (χ0v) is 18.6. The van der Waals surface area contributed by atoms with Gasteiger partial charge in [0.15, 0.2) is 17.4 Å². The summed E-state index contributed by atoms with van der Waals surface area (Å²) in [4.78, 5) is 16.2. The highest BCUT2D eigenvalue weighted by Crippen LogP contribution is 2.29. The molecule has 178 valence electrons. The molecule has 0 aliphatic rings. The van der Waals surface area contributed by atoms with Gasteiger partial charge in [-0.15, -0.1) is 5.10 Å². The van der Waals surface area contributed by atoms with Gasteiger partial charge in [0, 0.05) is 23.9 Å². The predicted octanol–water partition coefficient (Wildman–Crippen LogP) is 2.93. The Kier molecular flexibility index (Phi) is 6.76. The fourth-order valence-corrected chi connectivity index (χ4v) is 3.00. The molecule has 4 rings (SSSR count). The maximum Gasteiger partial charge on any atom is 0.340 e. The number of amides is 2. The van der Waals surface area contributed by atoms with Gasteiger partial charge in [0.2, 0.25) is 0 Å². The number of primary amides is 1. The molecule has 2 amide bonds. The molecule has 0 radical (unpaired) electrons. The number of tetrazole rings is 1. The van der Waals surface area contributed by atoms with Gasteiger partial charge >= 0.3 is 6.03 Å². The van der Waals surface area contributed by atoms with Crippen LogP contribution in [0.25, 0.3) is 5.82 Å². The van der Waals surface area contributed by atoms with Gasteiger partial charge in [0.1, 0.15) is 23.6 Å². The molecule has 2 aromatic heterocycles. The molecular weight excluding hydrogens is 459 g/mol. The number of hydrazone groups is 1. The summed E-state index contributed by atoms with van der Waals surface area (Å²) in [6.07, 6.45) is 4.18. The van der Waals surface area contributed by atoms with Crippen LogP contribution in [0.2, 0.25) is 0 Å². The molecule has 0 atom stereocenters. The second-order valence-electron chi connectivity index (χ2n) is 6.82. The standard InChI is InChI=1S/C22H19FN8O4/c1-33-16-4-6-19(34-2)14(9-16)12-27-31(22(24)32)15-3-5-20(18(23)10-15)35-17-7-8-25-21(11-17)30-13-26-28-29-30/h3-13H,1-2H3,(H2,24,32)/b27-12+. The van der Waals surface area contributed by atoms with E-state index in [2.05, 4.69) is 25.6 Å². The van der Waals surface area contributed by atoms with E-state index in [-0.39, 0.29) is 11.4 Å². The first-order chi connectivity index (χ1) is 17.0. The van der Waals surface area contributed by atoms with Crippen LogP contribution in [0.1, 0.15) is 5.56 Å². The van der Waals surface area contributed by atoms with Crippen LogP contribution in [0, 0.1) is 5.82 Å². The Morgan fingerprint density at radius 2 is 1.91 bits per heavy atom. The number of benzene rings is 2. The van der Waals surface area contributed by atoms with Gasteiger partial charge in [-0.3, -0.25) is 0 Å². The van der Waals surface area contributed by atoms with Crippen molar-refractivity contribution >= 4 is 17.9 Å². The third-order valence-corrected chi connectivity index (χ3v) is 4.65. The van der Waals surface area contributed by atoms with Crippen LogP contribution in [-0.2, 0) is 0 Å². The van der Waals surface area contributed by atoms with Crippen LogP contribution < -0.4 is 25.0 Å². The van der Waals surface area contributed by atoms with Crippen molar-refractivity contribution in [1.82, 2.24) is 25.2 Å². The van der Waals surface area contributed by atoms with E-state index in [4.69, 9.17) is 19.9 Å². The summed E-state index contributed by atoms with van der Waals surface area (Å²) in [6.45, 7) is 0. The number of aromatic nitrogens is 5. The highest BCUT2D eigenvalue weighted by molar-refractivity contribution is 5.94. The largest absolute Gasteiger partial charge is 0.497 e. The van der Waals surface area contributed by atoms with E-state index in [0.29, 0.717) is 28.6 Å². The molecule has 2 N–H and O–H groups in total. The third-order valence-electron chi connectivity index (χ3n) is 4.65. The Bertz CT molecular complexity index is 1360. The Balaban J connectivity index is 1.57. The van der Waals surface area contributed by atoms with Crippen molar-refractivity contribution in [2.24, 2.45) is 10.8 Å². The van der Waals surface area contributed by atoms with Gasteiger partial charge in [-0.2, -0.15) is 14.8 Å². The number of nitrogens with two attached hydrogens (primary N) is 1. The van der Waals surface area contributed by atoms with E-state index in [1.165, 1.54) is 55.8 Å². The molecule has 13 heteroatoms. The number of ether oxygens (including phenoxy) is 3. The van der Waals surface area contributed by atoms with Crippen LogP contribution >= 0.6 is 0 Å². The van der Waals surface area contributed by atoms with Crippen molar-refractivity contribution in [3.05, 3.63) is 72.4 Å². The number of methoxy groups -OCH3 is 2. The lowest BCUT2D eigenvalue weighted by atomic mass is 10.2. The van der Waals surface area contributed by atoms with Crippen LogP contribution in [0.4, 0.5) is 14.9 Å². The number of pyridine rings is 1. The molecular formula is C22H19FN8O4. The molecule has 12 nitrogen and oxygen atoms in total. The summed E-state index contributed by atoms with van der Waals surface area (Å²) in [7, 11) is 3.01. The van der Waals surface area contributed by atoms with E-state index < -0.39 is 11.8 Å². The SMILES string of the molecule is COc1ccc(OC)c(/C=N/N(C(N)=O)c2ccc(Oc3ccnc(-n4cnnn4)c3)c(F)c2)c1. The predicted molar refractivity (Wildman–Crippen MR) is 123 cm³/mol. The first kappa shape index (κ1) is 23.1. The molecule has 0 saturated heterocycles. The number of anilines is 1. The molecule has 2 heterocycles. The summed E-state index contributed by atoms with van der Waals surface area (Å²) >= 11 is 0. The summed E-state index contributed by atoms with van der Waals surface area (Å²) < 4.78 is 32.3. The van der Waals surface area contributed by atoms with Gasteiger partial charge in [0.05, 0.1) is 26.1 Å². The molecule has 4 aromatic rings. The molecule has 35 heavy (non-hydrogen) atoms. The Labute approximate surface area is 198 Å². The van der Waals surface area contributed by atoms with Gasteiger partial charge in [-0.05, 0) is 46.8 Å². The van der Waals surface area contributed by atoms with Crippen LogP contribution in [0.5, 0.6) is 23.0 Å². The van der Waals surface area contributed by atoms with E-state index in [1.54, 1.807) is 24.3 Å². The molecule has 2 aromatic carbocycles. The van der Waals surface area contributed by atoms with Crippen molar-refractivity contribution in [1.29, 1.82) is 0 Å². The Morgan fingerprint density at radius 3 is 2.60 bits per heavy atom. The van der Waals surface area contributed by atoms with E-state index >= 15 is 0 Å². The van der Waals surface area contributed by atoms with Crippen LogP contribution in [0.3, 0.4) is 0 Å². The quantitative estimate of drug-likeness (QED) is 0.301. The van der Waals surface area contributed by atoms with Crippen molar-refractivity contribution in [2.45, 2.75) is 0 Å². The second kappa shape index (κ2) is 10.2. The van der Waals surface area contributed by atoms with Gasteiger partial charge < -0.3 is 19.9 Å².